The van der Waals surface area contributed by atoms with Crippen LogP contribution in [0.3, 0.4) is 0 Å². The van der Waals surface area contributed by atoms with Crippen LogP contribution in [0.25, 0.3) is 0 Å². The Labute approximate surface area is 112 Å². The highest BCUT2D eigenvalue weighted by Crippen LogP contribution is 2.11. The second-order valence-electron chi connectivity index (χ2n) is 5.04. The maximum atomic E-state index is 11.2. The highest BCUT2D eigenvalue weighted by atomic mass is 16.2. The molecule has 0 aliphatic rings. The smallest absolute Gasteiger partial charge is 0.226 e. The van der Waals surface area contributed by atoms with E-state index in [0.29, 0.717) is 6.42 Å². The molecule has 3 nitrogen and oxygen atoms in total. The quantitative estimate of drug-likeness (QED) is 0.568. The molecule has 0 atom stereocenters. The maximum absolute atomic E-state index is 11.2. The molecule has 2 amide bonds. The second-order valence-corrected chi connectivity index (χ2v) is 5.04. The van der Waals surface area contributed by atoms with Gasteiger partial charge in [-0.15, -0.1) is 0 Å². The summed E-state index contributed by atoms with van der Waals surface area (Å²) in [7, 11) is 0. The first kappa shape index (κ1) is 17.1. The molecule has 0 aliphatic heterocycles. The SMILES string of the molecule is CCCCCCCCCCCCC(=O)NC(C)=O. The number of hydrogen-bond donors (Lipinski definition) is 1. The molecular formula is C15H29NO2. The van der Waals surface area contributed by atoms with Crippen LogP contribution in [0.2, 0.25) is 0 Å². The van der Waals surface area contributed by atoms with Gasteiger partial charge in [-0.05, 0) is 6.42 Å². The van der Waals surface area contributed by atoms with Gasteiger partial charge in [-0.2, -0.15) is 0 Å². The first-order chi connectivity index (χ1) is 8.66. The zero-order chi connectivity index (χ0) is 13.6. The molecule has 3 heteroatoms. The Balaban J connectivity index is 3.11. The third kappa shape index (κ3) is 13.2. The fraction of sp³-hybridized carbons (Fsp3) is 0.867. The Hall–Kier alpha value is -0.860. The summed E-state index contributed by atoms with van der Waals surface area (Å²) in [4.78, 5) is 21.8. The maximum Gasteiger partial charge on any atom is 0.226 e. The number of carbonyl (C=O) groups excluding carboxylic acids is 2. The van der Waals surface area contributed by atoms with Gasteiger partial charge in [0.15, 0.2) is 0 Å². The number of rotatable bonds is 11. The number of unbranched alkanes of at least 4 members (excludes halogenated alkanes) is 9. The normalized spacial score (nSPS) is 10.3. The molecule has 0 spiro atoms. The summed E-state index contributed by atoms with van der Waals surface area (Å²) in [5.41, 5.74) is 0. The van der Waals surface area contributed by atoms with Crippen LogP contribution in [0.1, 0.15) is 84.5 Å². The standard InChI is InChI=1S/C15H29NO2/c1-3-4-5-6-7-8-9-10-11-12-13-15(18)16-14(2)17/h3-13H2,1-2H3,(H,16,17,18). The average molecular weight is 255 g/mol. The van der Waals surface area contributed by atoms with Crippen molar-refractivity contribution < 1.29 is 9.59 Å². The van der Waals surface area contributed by atoms with Gasteiger partial charge < -0.3 is 0 Å². The highest BCUT2D eigenvalue weighted by Gasteiger charge is 2.02. The number of amides is 2. The summed E-state index contributed by atoms with van der Waals surface area (Å²) in [6, 6.07) is 0. The molecule has 0 fully saturated rings. The summed E-state index contributed by atoms with van der Waals surface area (Å²) in [5.74, 6) is -0.394. The highest BCUT2D eigenvalue weighted by molar-refractivity contribution is 5.93. The fourth-order valence-corrected chi connectivity index (χ4v) is 2.03. The Bertz CT molecular complexity index is 227. The molecule has 0 saturated carbocycles. The van der Waals surface area contributed by atoms with E-state index < -0.39 is 0 Å². The predicted octanol–water partition coefficient (Wildman–Crippen LogP) is 3.96. The van der Waals surface area contributed by atoms with E-state index in [1.165, 1.54) is 58.3 Å². The molecule has 0 aromatic carbocycles. The average Bonchev–Trinajstić information content (AvgIpc) is 2.30. The molecule has 0 aliphatic carbocycles. The van der Waals surface area contributed by atoms with E-state index in [4.69, 9.17) is 0 Å². The van der Waals surface area contributed by atoms with Crippen LogP contribution in [-0.4, -0.2) is 11.8 Å². The van der Waals surface area contributed by atoms with E-state index in [9.17, 15) is 9.59 Å². The predicted molar refractivity (Wildman–Crippen MR) is 75.3 cm³/mol. The Morgan fingerprint density at radius 2 is 1.22 bits per heavy atom. The van der Waals surface area contributed by atoms with Crippen LogP contribution in [0, 0.1) is 0 Å². The third-order valence-electron chi connectivity index (χ3n) is 3.07. The van der Waals surface area contributed by atoms with Crippen LogP contribution in [0.15, 0.2) is 0 Å². The van der Waals surface area contributed by atoms with Crippen molar-refractivity contribution in [3.8, 4) is 0 Å². The van der Waals surface area contributed by atoms with E-state index in [1.807, 2.05) is 0 Å². The molecule has 18 heavy (non-hydrogen) atoms. The summed E-state index contributed by atoms with van der Waals surface area (Å²) in [5, 5.41) is 2.30. The molecule has 0 aromatic rings. The minimum Gasteiger partial charge on any atom is -0.297 e. The number of hydrogen-bond acceptors (Lipinski definition) is 2. The van der Waals surface area contributed by atoms with Crippen molar-refractivity contribution >= 4 is 11.8 Å². The largest absolute Gasteiger partial charge is 0.297 e. The van der Waals surface area contributed by atoms with Gasteiger partial charge in [0.2, 0.25) is 11.8 Å². The van der Waals surface area contributed by atoms with Crippen molar-refractivity contribution in [2.75, 3.05) is 0 Å². The van der Waals surface area contributed by atoms with E-state index in [2.05, 4.69) is 12.2 Å². The van der Waals surface area contributed by atoms with Crippen LogP contribution < -0.4 is 5.32 Å². The topological polar surface area (TPSA) is 46.2 Å². The molecule has 0 saturated heterocycles. The van der Waals surface area contributed by atoms with Crippen LogP contribution in [0.4, 0.5) is 0 Å². The molecule has 0 bridgehead atoms. The van der Waals surface area contributed by atoms with Gasteiger partial charge in [0, 0.05) is 13.3 Å². The molecule has 0 rings (SSSR count). The Morgan fingerprint density at radius 1 is 0.778 bits per heavy atom. The van der Waals surface area contributed by atoms with E-state index in [-0.39, 0.29) is 11.8 Å². The monoisotopic (exact) mass is 255 g/mol. The van der Waals surface area contributed by atoms with Gasteiger partial charge in [-0.25, -0.2) is 0 Å². The Kier molecular flexibility index (Phi) is 12.0. The van der Waals surface area contributed by atoms with E-state index in [0.717, 1.165) is 12.8 Å². The zero-order valence-corrected chi connectivity index (χ0v) is 12.1. The van der Waals surface area contributed by atoms with Crippen molar-refractivity contribution in [2.45, 2.75) is 84.5 Å². The molecule has 0 aromatic heterocycles. The lowest BCUT2D eigenvalue weighted by molar-refractivity contribution is -0.129. The molecule has 106 valence electrons. The van der Waals surface area contributed by atoms with Crippen molar-refractivity contribution in [2.24, 2.45) is 0 Å². The van der Waals surface area contributed by atoms with E-state index in [1.54, 1.807) is 0 Å². The lowest BCUT2D eigenvalue weighted by Crippen LogP contribution is -2.27. The molecule has 0 radical (unpaired) electrons. The Morgan fingerprint density at radius 3 is 1.67 bits per heavy atom. The lowest BCUT2D eigenvalue weighted by atomic mass is 10.1. The number of nitrogens with one attached hydrogen (secondary N) is 1. The van der Waals surface area contributed by atoms with Gasteiger partial charge in [-0.3, -0.25) is 14.9 Å². The van der Waals surface area contributed by atoms with Gasteiger partial charge in [0.05, 0.1) is 0 Å². The van der Waals surface area contributed by atoms with Gasteiger partial charge in [0.25, 0.3) is 0 Å². The van der Waals surface area contributed by atoms with Crippen molar-refractivity contribution in [1.29, 1.82) is 0 Å². The van der Waals surface area contributed by atoms with Crippen LogP contribution in [0.5, 0.6) is 0 Å². The summed E-state index contributed by atoms with van der Waals surface area (Å²) >= 11 is 0. The molecular weight excluding hydrogens is 226 g/mol. The van der Waals surface area contributed by atoms with Crippen LogP contribution in [-0.2, 0) is 9.59 Å². The molecule has 0 unspecified atom stereocenters. The summed E-state index contributed by atoms with van der Waals surface area (Å²) in [6.07, 6.45) is 13.1. The summed E-state index contributed by atoms with van der Waals surface area (Å²) < 4.78 is 0. The number of carbonyl (C=O) groups is 2. The summed E-state index contributed by atoms with van der Waals surface area (Å²) in [6.45, 7) is 3.61. The molecule has 1 N–H and O–H groups in total. The zero-order valence-electron chi connectivity index (χ0n) is 12.1. The lowest BCUT2D eigenvalue weighted by Gasteiger charge is -2.02. The van der Waals surface area contributed by atoms with Gasteiger partial charge in [0.1, 0.15) is 0 Å². The van der Waals surface area contributed by atoms with Crippen molar-refractivity contribution in [3.63, 3.8) is 0 Å². The van der Waals surface area contributed by atoms with Gasteiger partial charge in [-0.1, -0.05) is 64.7 Å². The minimum absolute atomic E-state index is 0.137. The first-order valence-electron chi connectivity index (χ1n) is 7.47. The fourth-order valence-electron chi connectivity index (χ4n) is 2.03. The first-order valence-corrected chi connectivity index (χ1v) is 7.47. The third-order valence-corrected chi connectivity index (χ3v) is 3.07. The van der Waals surface area contributed by atoms with E-state index >= 15 is 0 Å². The van der Waals surface area contributed by atoms with Crippen LogP contribution >= 0.6 is 0 Å². The van der Waals surface area contributed by atoms with Crippen molar-refractivity contribution in [1.82, 2.24) is 5.32 Å². The van der Waals surface area contributed by atoms with Gasteiger partial charge >= 0.3 is 0 Å². The second kappa shape index (κ2) is 12.6. The number of imide groups is 1. The molecule has 0 heterocycles. The van der Waals surface area contributed by atoms with Crippen molar-refractivity contribution in [3.05, 3.63) is 0 Å². The minimum atomic E-state index is -0.257.